The van der Waals surface area contributed by atoms with E-state index in [1.54, 1.807) is 0 Å². The van der Waals surface area contributed by atoms with Crippen LogP contribution in [0.5, 0.6) is 0 Å². The fourth-order valence-corrected chi connectivity index (χ4v) is 3.71. The Hall–Kier alpha value is -0.810. The summed E-state index contributed by atoms with van der Waals surface area (Å²) < 4.78 is 0.177. The summed E-state index contributed by atoms with van der Waals surface area (Å²) in [6.45, 7) is 4.66. The fraction of sp³-hybridized carbons (Fsp3) is 0.667. The van der Waals surface area contributed by atoms with Gasteiger partial charge in [-0.2, -0.15) is 11.8 Å². The van der Waals surface area contributed by atoms with Crippen molar-refractivity contribution in [3.63, 3.8) is 0 Å². The standard InChI is InChI=1S/C15H22ClN3OS/c1-10(2)13-17-8-11(16)12(19-13)14(20)18-9-15(21-3)6-4-5-7-15/h8,10H,4-7,9H2,1-3H3,(H,18,20). The Morgan fingerprint density at radius 2 is 2.14 bits per heavy atom. The molecule has 2 rings (SSSR count). The summed E-state index contributed by atoms with van der Waals surface area (Å²) in [5.41, 5.74) is 0.282. The first-order valence-electron chi connectivity index (χ1n) is 7.33. The highest BCUT2D eigenvalue weighted by Gasteiger charge is 2.33. The lowest BCUT2D eigenvalue weighted by molar-refractivity contribution is 0.0944. The van der Waals surface area contributed by atoms with E-state index < -0.39 is 0 Å². The van der Waals surface area contributed by atoms with E-state index in [-0.39, 0.29) is 22.3 Å². The summed E-state index contributed by atoms with van der Waals surface area (Å²) in [5.74, 6) is 0.607. The number of rotatable bonds is 5. The molecule has 0 saturated heterocycles. The lowest BCUT2D eigenvalue weighted by Crippen LogP contribution is -2.39. The first-order chi connectivity index (χ1) is 9.97. The van der Waals surface area contributed by atoms with Crippen LogP contribution in [0.4, 0.5) is 0 Å². The molecule has 1 aromatic heterocycles. The fourth-order valence-electron chi connectivity index (χ4n) is 2.62. The maximum Gasteiger partial charge on any atom is 0.271 e. The zero-order valence-electron chi connectivity index (χ0n) is 12.8. The Balaban J connectivity index is 2.08. The van der Waals surface area contributed by atoms with Crippen LogP contribution in [0.3, 0.4) is 0 Å². The molecule has 21 heavy (non-hydrogen) atoms. The molecule has 1 heterocycles. The molecule has 0 spiro atoms. The second-order valence-electron chi connectivity index (χ2n) is 5.86. The summed E-state index contributed by atoms with van der Waals surface area (Å²) in [6.07, 6.45) is 8.42. The highest BCUT2D eigenvalue weighted by molar-refractivity contribution is 8.00. The van der Waals surface area contributed by atoms with E-state index in [1.165, 1.54) is 19.0 Å². The maximum atomic E-state index is 12.4. The minimum absolute atomic E-state index is 0.168. The number of nitrogens with one attached hydrogen (secondary N) is 1. The third-order valence-electron chi connectivity index (χ3n) is 4.01. The molecule has 1 saturated carbocycles. The van der Waals surface area contributed by atoms with Gasteiger partial charge in [0.1, 0.15) is 11.5 Å². The quantitative estimate of drug-likeness (QED) is 0.896. The molecule has 1 N–H and O–H groups in total. The summed E-state index contributed by atoms with van der Waals surface area (Å²) in [5, 5.41) is 3.31. The lowest BCUT2D eigenvalue weighted by Gasteiger charge is -2.26. The summed E-state index contributed by atoms with van der Waals surface area (Å²) in [6, 6.07) is 0. The van der Waals surface area contributed by atoms with Gasteiger partial charge < -0.3 is 5.32 Å². The van der Waals surface area contributed by atoms with Crippen LogP contribution in [0.1, 0.15) is 61.8 Å². The molecule has 1 fully saturated rings. The SMILES string of the molecule is CSC1(CNC(=O)c2nc(C(C)C)ncc2Cl)CCCC1. The third-order valence-corrected chi connectivity index (χ3v) is 5.71. The number of hydrogen-bond donors (Lipinski definition) is 1. The Bertz CT molecular complexity index is 516. The van der Waals surface area contributed by atoms with Crippen LogP contribution in [-0.4, -0.2) is 33.4 Å². The number of thioether (sulfide) groups is 1. The molecule has 0 atom stereocenters. The summed E-state index contributed by atoms with van der Waals surface area (Å²) >= 11 is 7.92. The van der Waals surface area contributed by atoms with Gasteiger partial charge in [0.25, 0.3) is 5.91 Å². The van der Waals surface area contributed by atoms with E-state index >= 15 is 0 Å². The molecule has 0 aromatic carbocycles. The van der Waals surface area contributed by atoms with Crippen molar-refractivity contribution in [3.8, 4) is 0 Å². The normalized spacial score (nSPS) is 17.2. The van der Waals surface area contributed by atoms with Gasteiger partial charge in [-0.15, -0.1) is 0 Å². The molecule has 1 aliphatic rings. The Morgan fingerprint density at radius 1 is 1.48 bits per heavy atom. The molecule has 0 bridgehead atoms. The van der Waals surface area contributed by atoms with Crippen LogP contribution in [0, 0.1) is 0 Å². The molecule has 0 aliphatic heterocycles. The third kappa shape index (κ3) is 3.89. The van der Waals surface area contributed by atoms with E-state index in [2.05, 4.69) is 21.5 Å². The van der Waals surface area contributed by atoms with Crippen molar-refractivity contribution in [2.45, 2.75) is 50.2 Å². The van der Waals surface area contributed by atoms with E-state index in [0.717, 1.165) is 12.8 Å². The van der Waals surface area contributed by atoms with Crippen molar-refractivity contribution in [3.05, 3.63) is 22.7 Å². The Morgan fingerprint density at radius 3 is 2.71 bits per heavy atom. The van der Waals surface area contributed by atoms with Gasteiger partial charge in [0, 0.05) is 17.2 Å². The first-order valence-corrected chi connectivity index (χ1v) is 8.93. The average molecular weight is 328 g/mol. The molecule has 4 nitrogen and oxygen atoms in total. The number of amides is 1. The van der Waals surface area contributed by atoms with Crippen LogP contribution >= 0.6 is 23.4 Å². The molecular formula is C15H22ClN3OS. The number of carbonyl (C=O) groups excluding carboxylic acids is 1. The van der Waals surface area contributed by atoms with Crippen LogP contribution in [0.15, 0.2) is 6.20 Å². The maximum absolute atomic E-state index is 12.4. The average Bonchev–Trinajstić information content (AvgIpc) is 2.94. The van der Waals surface area contributed by atoms with E-state index in [9.17, 15) is 4.79 Å². The van der Waals surface area contributed by atoms with Gasteiger partial charge in [0.05, 0.1) is 11.2 Å². The zero-order chi connectivity index (χ0) is 15.5. The van der Waals surface area contributed by atoms with Gasteiger partial charge >= 0.3 is 0 Å². The molecule has 0 unspecified atom stereocenters. The minimum atomic E-state index is -0.204. The van der Waals surface area contributed by atoms with Crippen molar-refractivity contribution >= 4 is 29.3 Å². The van der Waals surface area contributed by atoms with Crippen LogP contribution in [0.2, 0.25) is 5.02 Å². The lowest BCUT2D eigenvalue weighted by atomic mass is 10.1. The van der Waals surface area contributed by atoms with Gasteiger partial charge in [-0.1, -0.05) is 38.3 Å². The van der Waals surface area contributed by atoms with Crippen molar-refractivity contribution in [1.29, 1.82) is 0 Å². The topological polar surface area (TPSA) is 54.9 Å². The summed E-state index contributed by atoms with van der Waals surface area (Å²) in [7, 11) is 0. The Kier molecular flexibility index (Phi) is 5.49. The molecule has 116 valence electrons. The first kappa shape index (κ1) is 16.6. The molecule has 6 heteroatoms. The van der Waals surface area contributed by atoms with Gasteiger partial charge in [-0.25, -0.2) is 9.97 Å². The van der Waals surface area contributed by atoms with E-state index in [4.69, 9.17) is 11.6 Å². The van der Waals surface area contributed by atoms with Crippen molar-refractivity contribution in [2.75, 3.05) is 12.8 Å². The van der Waals surface area contributed by atoms with Gasteiger partial charge in [-0.3, -0.25) is 4.79 Å². The monoisotopic (exact) mass is 327 g/mol. The largest absolute Gasteiger partial charge is 0.349 e. The second kappa shape index (κ2) is 6.97. The Labute approximate surface area is 135 Å². The van der Waals surface area contributed by atoms with E-state index in [0.29, 0.717) is 17.4 Å². The second-order valence-corrected chi connectivity index (χ2v) is 7.54. The molecule has 1 aromatic rings. The number of hydrogen-bond acceptors (Lipinski definition) is 4. The predicted octanol–water partition coefficient (Wildman–Crippen LogP) is 3.66. The van der Waals surface area contributed by atoms with Gasteiger partial charge in [0.2, 0.25) is 0 Å². The van der Waals surface area contributed by atoms with Gasteiger partial charge in [0.15, 0.2) is 0 Å². The van der Waals surface area contributed by atoms with Crippen LogP contribution in [-0.2, 0) is 0 Å². The zero-order valence-corrected chi connectivity index (χ0v) is 14.4. The molecule has 1 aliphatic carbocycles. The van der Waals surface area contributed by atoms with Crippen molar-refractivity contribution in [2.24, 2.45) is 0 Å². The highest BCUT2D eigenvalue weighted by atomic mass is 35.5. The predicted molar refractivity (Wildman–Crippen MR) is 88.2 cm³/mol. The van der Waals surface area contributed by atoms with Crippen molar-refractivity contribution < 1.29 is 4.79 Å². The number of carbonyl (C=O) groups is 1. The summed E-state index contributed by atoms with van der Waals surface area (Å²) in [4.78, 5) is 20.8. The van der Waals surface area contributed by atoms with Crippen LogP contribution < -0.4 is 5.32 Å². The van der Waals surface area contributed by atoms with Crippen LogP contribution in [0.25, 0.3) is 0 Å². The van der Waals surface area contributed by atoms with Crippen molar-refractivity contribution in [1.82, 2.24) is 15.3 Å². The number of nitrogens with zero attached hydrogens (tertiary/aromatic N) is 2. The molecular weight excluding hydrogens is 306 g/mol. The minimum Gasteiger partial charge on any atom is -0.349 e. The van der Waals surface area contributed by atoms with Gasteiger partial charge in [-0.05, 0) is 19.1 Å². The number of halogens is 1. The van der Waals surface area contributed by atoms with E-state index in [1.807, 2.05) is 25.6 Å². The highest BCUT2D eigenvalue weighted by Crippen LogP contribution is 2.39. The molecule has 1 amide bonds. The smallest absolute Gasteiger partial charge is 0.271 e. The number of aromatic nitrogens is 2. The molecule has 0 radical (unpaired) electrons.